The van der Waals surface area contributed by atoms with Gasteiger partial charge in [-0.3, -0.25) is 0 Å². The number of cyclic esters (lactones) is 2. The summed E-state index contributed by atoms with van der Waals surface area (Å²) in [4.78, 5) is 31.5. The Hall–Kier alpha value is -2.84. The summed E-state index contributed by atoms with van der Waals surface area (Å²) in [5, 5.41) is 2.61. The first-order chi connectivity index (χ1) is 10.3. The van der Waals surface area contributed by atoms with Gasteiger partial charge in [-0.05, 0) is 0 Å². The first-order valence-electron chi connectivity index (χ1n) is 6.25. The van der Waals surface area contributed by atoms with Crippen LogP contribution in [0, 0.1) is 0 Å². The number of carbonyl (C=O) groups excluding carboxylic acids is 2. The standard InChI is InChI=1S/C13H15N3O6/c1-13(2)21-10(17)7(11(18)22-13)6-14-12-15-8(19-3)5-9(16-12)20-4/h5-6H,1-4H3,(H,14,15,16). The zero-order valence-corrected chi connectivity index (χ0v) is 12.5. The molecule has 9 nitrogen and oxygen atoms in total. The summed E-state index contributed by atoms with van der Waals surface area (Å²) >= 11 is 0. The van der Waals surface area contributed by atoms with E-state index in [0.717, 1.165) is 6.20 Å². The van der Waals surface area contributed by atoms with Gasteiger partial charge >= 0.3 is 11.9 Å². The van der Waals surface area contributed by atoms with Crippen molar-refractivity contribution in [3.63, 3.8) is 0 Å². The number of hydrogen-bond donors (Lipinski definition) is 1. The van der Waals surface area contributed by atoms with Crippen LogP contribution in [0.15, 0.2) is 17.8 Å². The van der Waals surface area contributed by atoms with Gasteiger partial charge in [-0.2, -0.15) is 9.97 Å². The van der Waals surface area contributed by atoms with Crippen LogP contribution in [0.3, 0.4) is 0 Å². The van der Waals surface area contributed by atoms with Crippen molar-refractivity contribution in [2.75, 3.05) is 19.5 Å². The van der Waals surface area contributed by atoms with Crippen LogP contribution in [0.1, 0.15) is 13.8 Å². The van der Waals surface area contributed by atoms with E-state index in [4.69, 9.17) is 18.9 Å². The van der Waals surface area contributed by atoms with E-state index in [1.54, 1.807) is 0 Å². The smallest absolute Gasteiger partial charge is 0.350 e. The highest BCUT2D eigenvalue weighted by atomic mass is 16.7. The van der Waals surface area contributed by atoms with Crippen LogP contribution in [-0.4, -0.2) is 41.9 Å². The minimum atomic E-state index is -1.29. The van der Waals surface area contributed by atoms with E-state index in [0.29, 0.717) is 0 Å². The molecule has 0 spiro atoms. The number of nitrogens with one attached hydrogen (secondary N) is 1. The monoisotopic (exact) mass is 309 g/mol. The Morgan fingerprint density at radius 1 is 1.09 bits per heavy atom. The second kappa shape index (κ2) is 5.88. The van der Waals surface area contributed by atoms with Crippen LogP contribution >= 0.6 is 0 Å². The third-order valence-corrected chi connectivity index (χ3v) is 2.56. The maximum atomic E-state index is 11.8. The predicted octanol–water partition coefficient (Wildman–Crippen LogP) is 0.626. The summed E-state index contributed by atoms with van der Waals surface area (Å²) in [6.07, 6.45) is 1.11. The van der Waals surface area contributed by atoms with Crippen molar-refractivity contribution < 1.29 is 28.5 Å². The zero-order chi connectivity index (χ0) is 16.3. The Morgan fingerprint density at radius 2 is 1.59 bits per heavy atom. The molecule has 1 fully saturated rings. The van der Waals surface area contributed by atoms with Gasteiger partial charge in [-0.15, -0.1) is 0 Å². The van der Waals surface area contributed by atoms with E-state index < -0.39 is 17.7 Å². The van der Waals surface area contributed by atoms with Crippen LogP contribution in [0.2, 0.25) is 0 Å². The number of carbonyl (C=O) groups is 2. The molecule has 9 heteroatoms. The van der Waals surface area contributed by atoms with Gasteiger partial charge in [0.2, 0.25) is 17.7 Å². The van der Waals surface area contributed by atoms with Crippen molar-refractivity contribution in [2.45, 2.75) is 19.6 Å². The van der Waals surface area contributed by atoms with E-state index in [-0.39, 0.29) is 23.3 Å². The van der Waals surface area contributed by atoms with Gasteiger partial charge in [0.05, 0.1) is 20.3 Å². The molecule has 1 aliphatic rings. The molecule has 0 amide bonds. The molecule has 22 heavy (non-hydrogen) atoms. The highest BCUT2D eigenvalue weighted by Crippen LogP contribution is 2.23. The molecule has 0 atom stereocenters. The Morgan fingerprint density at radius 3 is 2.05 bits per heavy atom. The summed E-state index contributed by atoms with van der Waals surface area (Å²) in [6.45, 7) is 2.92. The molecule has 0 aliphatic carbocycles. The molecule has 0 radical (unpaired) electrons. The molecule has 1 N–H and O–H groups in total. The van der Waals surface area contributed by atoms with Gasteiger partial charge in [0.15, 0.2) is 5.57 Å². The topological polar surface area (TPSA) is 109 Å². The molecule has 1 aromatic rings. The molecule has 118 valence electrons. The molecule has 0 unspecified atom stereocenters. The van der Waals surface area contributed by atoms with Gasteiger partial charge in [0.25, 0.3) is 5.79 Å². The average Bonchev–Trinajstić information content (AvgIpc) is 2.44. The van der Waals surface area contributed by atoms with Crippen LogP contribution in [0.5, 0.6) is 11.8 Å². The molecule has 1 aliphatic heterocycles. The maximum absolute atomic E-state index is 11.8. The van der Waals surface area contributed by atoms with Crippen LogP contribution < -0.4 is 14.8 Å². The first-order valence-corrected chi connectivity index (χ1v) is 6.25. The predicted molar refractivity (Wildman–Crippen MR) is 73.1 cm³/mol. The third kappa shape index (κ3) is 3.43. The van der Waals surface area contributed by atoms with Crippen molar-refractivity contribution in [1.82, 2.24) is 9.97 Å². The fourth-order valence-corrected chi connectivity index (χ4v) is 1.59. The van der Waals surface area contributed by atoms with Crippen LogP contribution in [0.4, 0.5) is 5.95 Å². The van der Waals surface area contributed by atoms with Crippen molar-refractivity contribution in [3.05, 3.63) is 17.8 Å². The minimum Gasteiger partial charge on any atom is -0.481 e. The van der Waals surface area contributed by atoms with E-state index in [1.807, 2.05) is 0 Å². The molecule has 0 saturated carbocycles. The summed E-state index contributed by atoms with van der Waals surface area (Å²) in [7, 11) is 2.87. The molecule has 0 aromatic carbocycles. The molecule has 1 saturated heterocycles. The second-order valence-corrected chi connectivity index (χ2v) is 4.66. The van der Waals surface area contributed by atoms with E-state index in [2.05, 4.69) is 15.3 Å². The second-order valence-electron chi connectivity index (χ2n) is 4.66. The van der Waals surface area contributed by atoms with Gasteiger partial charge in [0, 0.05) is 20.0 Å². The zero-order valence-electron chi connectivity index (χ0n) is 12.5. The SMILES string of the molecule is COc1cc(OC)nc(NC=C2C(=O)OC(C)(C)OC2=O)n1. The Labute approximate surface area is 126 Å². The Bertz CT molecular complexity index is 596. The number of hydrogen-bond acceptors (Lipinski definition) is 9. The lowest BCUT2D eigenvalue weighted by molar-refractivity contribution is -0.222. The van der Waals surface area contributed by atoms with Gasteiger partial charge < -0.3 is 24.3 Å². The van der Waals surface area contributed by atoms with Gasteiger partial charge in [0.1, 0.15) is 0 Å². The lowest BCUT2D eigenvalue weighted by Crippen LogP contribution is -2.42. The van der Waals surface area contributed by atoms with E-state index in [1.165, 1.54) is 34.1 Å². The molecule has 0 bridgehead atoms. The molecular weight excluding hydrogens is 294 g/mol. The van der Waals surface area contributed by atoms with Crippen molar-refractivity contribution in [1.29, 1.82) is 0 Å². The van der Waals surface area contributed by atoms with Crippen LogP contribution in [0.25, 0.3) is 0 Å². The fraction of sp³-hybridized carbons (Fsp3) is 0.385. The Balaban J connectivity index is 2.21. The quantitative estimate of drug-likeness (QED) is 0.486. The number of rotatable bonds is 4. The lowest BCUT2D eigenvalue weighted by Gasteiger charge is -2.29. The van der Waals surface area contributed by atoms with E-state index in [9.17, 15) is 9.59 Å². The van der Waals surface area contributed by atoms with Crippen molar-refractivity contribution >= 4 is 17.9 Å². The summed E-state index contributed by atoms with van der Waals surface area (Å²) < 4.78 is 19.9. The largest absolute Gasteiger partial charge is 0.481 e. The average molecular weight is 309 g/mol. The minimum absolute atomic E-state index is 0.0779. The molecule has 2 heterocycles. The Kier molecular flexibility index (Phi) is 4.15. The summed E-state index contributed by atoms with van der Waals surface area (Å²) in [5.74, 6) is -2.31. The number of anilines is 1. The maximum Gasteiger partial charge on any atom is 0.350 e. The first kappa shape index (κ1) is 15.5. The number of methoxy groups -OCH3 is 2. The number of esters is 2. The molecule has 1 aromatic heterocycles. The van der Waals surface area contributed by atoms with Crippen molar-refractivity contribution in [3.8, 4) is 11.8 Å². The summed E-state index contributed by atoms with van der Waals surface area (Å²) in [6, 6.07) is 1.48. The fourth-order valence-electron chi connectivity index (χ4n) is 1.59. The molecule has 2 rings (SSSR count). The number of nitrogens with zero attached hydrogens (tertiary/aromatic N) is 2. The van der Waals surface area contributed by atoms with Gasteiger partial charge in [-0.25, -0.2) is 9.59 Å². The van der Waals surface area contributed by atoms with Crippen LogP contribution in [-0.2, 0) is 19.1 Å². The number of aromatic nitrogens is 2. The molecular formula is C13H15N3O6. The van der Waals surface area contributed by atoms with Crippen molar-refractivity contribution in [2.24, 2.45) is 0 Å². The lowest BCUT2D eigenvalue weighted by atomic mass is 10.2. The van der Waals surface area contributed by atoms with E-state index >= 15 is 0 Å². The summed E-state index contributed by atoms with van der Waals surface area (Å²) in [5.41, 5.74) is -0.301. The highest BCUT2D eigenvalue weighted by Gasteiger charge is 2.38. The van der Waals surface area contributed by atoms with Gasteiger partial charge in [-0.1, -0.05) is 0 Å². The highest BCUT2D eigenvalue weighted by molar-refractivity contribution is 6.15. The normalized spacial score (nSPS) is 16.5. The third-order valence-electron chi connectivity index (χ3n) is 2.56. The number of ether oxygens (including phenoxy) is 4.